The lowest BCUT2D eigenvalue weighted by molar-refractivity contribution is 0.0451. The molecule has 28 heavy (non-hydrogen) atoms. The van der Waals surface area contributed by atoms with Crippen molar-refractivity contribution in [3.63, 3.8) is 0 Å². The number of esters is 1. The second-order valence-corrected chi connectivity index (χ2v) is 9.37. The average Bonchev–Trinajstić information content (AvgIpc) is 2.96. The Bertz CT molecular complexity index is 882. The van der Waals surface area contributed by atoms with Crippen LogP contribution in [0.2, 0.25) is 0 Å². The molecule has 0 radical (unpaired) electrons. The highest BCUT2D eigenvalue weighted by Crippen LogP contribution is 2.36. The number of benzene rings is 1. The Balaban J connectivity index is 1.84. The van der Waals surface area contributed by atoms with E-state index in [9.17, 15) is 9.59 Å². The predicted octanol–water partition coefficient (Wildman–Crippen LogP) is 5.35. The molecule has 0 amide bonds. The molecule has 1 aliphatic carbocycles. The number of ketones is 1. The molecule has 0 aliphatic heterocycles. The third-order valence-electron chi connectivity index (χ3n) is 5.49. The van der Waals surface area contributed by atoms with Gasteiger partial charge in [-0.3, -0.25) is 4.79 Å². The van der Waals surface area contributed by atoms with E-state index in [0.29, 0.717) is 24.3 Å². The number of H-pyrrole nitrogens is 1. The van der Waals surface area contributed by atoms with Crippen molar-refractivity contribution in [3.05, 3.63) is 57.9 Å². The monoisotopic (exact) mass is 381 g/mol. The number of nitrogens with one attached hydrogen (secondary N) is 1. The molecule has 150 valence electrons. The van der Waals surface area contributed by atoms with Crippen LogP contribution in [0, 0.1) is 12.8 Å². The van der Waals surface area contributed by atoms with E-state index in [1.165, 1.54) is 11.1 Å². The summed E-state index contributed by atoms with van der Waals surface area (Å²) in [6.45, 7) is 12.8. The van der Waals surface area contributed by atoms with Crippen LogP contribution in [0.3, 0.4) is 0 Å². The standard InChI is InChI=1S/C24H31NO3/c1-14(2)13-28-23(27)22-15(3)21-19(25-22)11-17(12-20(21)26)16-7-9-18(10-8-16)24(4,5)6/h7-10,14,17,25H,11-13H2,1-6H3/t17-/m1/s1. The van der Waals surface area contributed by atoms with Gasteiger partial charge in [0.2, 0.25) is 0 Å². The number of Topliss-reactive ketones (excluding diaryl/α,β-unsaturated/α-hetero) is 1. The quantitative estimate of drug-likeness (QED) is 0.727. The van der Waals surface area contributed by atoms with E-state index in [1.54, 1.807) is 0 Å². The lowest BCUT2D eigenvalue weighted by Crippen LogP contribution is -2.19. The fourth-order valence-electron chi connectivity index (χ4n) is 3.84. The number of carbonyl (C=O) groups is 2. The third kappa shape index (κ3) is 4.06. The van der Waals surface area contributed by atoms with Crippen molar-refractivity contribution in [2.24, 2.45) is 5.92 Å². The summed E-state index contributed by atoms with van der Waals surface area (Å²) in [5.41, 5.74) is 5.23. The van der Waals surface area contributed by atoms with Crippen LogP contribution in [-0.2, 0) is 16.6 Å². The fraction of sp³-hybridized carbons (Fsp3) is 0.500. The van der Waals surface area contributed by atoms with Gasteiger partial charge in [-0.2, -0.15) is 0 Å². The van der Waals surface area contributed by atoms with Crippen molar-refractivity contribution in [3.8, 4) is 0 Å². The molecule has 0 saturated carbocycles. The molecule has 4 heteroatoms. The molecule has 3 rings (SSSR count). The molecule has 0 spiro atoms. The maximum Gasteiger partial charge on any atom is 0.355 e. The maximum absolute atomic E-state index is 12.8. The van der Waals surface area contributed by atoms with Crippen LogP contribution in [-0.4, -0.2) is 23.3 Å². The minimum atomic E-state index is -0.375. The normalized spacial score (nSPS) is 17.0. The van der Waals surface area contributed by atoms with E-state index in [1.807, 2.05) is 20.8 Å². The second kappa shape index (κ2) is 7.57. The van der Waals surface area contributed by atoms with E-state index >= 15 is 0 Å². The van der Waals surface area contributed by atoms with Crippen LogP contribution in [0.15, 0.2) is 24.3 Å². The van der Waals surface area contributed by atoms with Gasteiger partial charge in [-0.05, 0) is 47.3 Å². The smallest absolute Gasteiger partial charge is 0.355 e. The molecule has 2 aromatic rings. The predicted molar refractivity (Wildman–Crippen MR) is 111 cm³/mol. The summed E-state index contributed by atoms with van der Waals surface area (Å²) in [5.74, 6) is 0.129. The molecule has 0 bridgehead atoms. The van der Waals surface area contributed by atoms with Crippen molar-refractivity contribution in [1.82, 2.24) is 4.98 Å². The van der Waals surface area contributed by atoms with Crippen molar-refractivity contribution >= 4 is 11.8 Å². The topological polar surface area (TPSA) is 59.2 Å². The van der Waals surface area contributed by atoms with Gasteiger partial charge >= 0.3 is 5.97 Å². The third-order valence-corrected chi connectivity index (χ3v) is 5.49. The van der Waals surface area contributed by atoms with Gasteiger partial charge in [0, 0.05) is 17.7 Å². The van der Waals surface area contributed by atoms with Crippen molar-refractivity contribution < 1.29 is 14.3 Å². The van der Waals surface area contributed by atoms with Gasteiger partial charge in [-0.1, -0.05) is 58.9 Å². The molecular formula is C24H31NO3. The molecule has 0 unspecified atom stereocenters. The first-order valence-corrected chi connectivity index (χ1v) is 10.1. The van der Waals surface area contributed by atoms with Crippen molar-refractivity contribution in [2.45, 2.75) is 65.7 Å². The van der Waals surface area contributed by atoms with Gasteiger partial charge in [0.05, 0.1) is 6.61 Å². The number of carbonyl (C=O) groups excluding carboxylic acids is 2. The molecule has 0 fully saturated rings. The SMILES string of the molecule is Cc1c(C(=O)OCC(C)C)[nH]c2c1C(=O)C[C@H](c1ccc(C(C)(C)C)cc1)C2. The van der Waals surface area contributed by atoms with Crippen LogP contribution >= 0.6 is 0 Å². The van der Waals surface area contributed by atoms with Crippen molar-refractivity contribution in [1.29, 1.82) is 0 Å². The summed E-state index contributed by atoms with van der Waals surface area (Å²) >= 11 is 0. The number of hydrogen-bond acceptors (Lipinski definition) is 3. The van der Waals surface area contributed by atoms with E-state index in [-0.39, 0.29) is 29.0 Å². The minimum absolute atomic E-state index is 0.0998. The van der Waals surface area contributed by atoms with E-state index in [0.717, 1.165) is 17.7 Å². The Kier molecular flexibility index (Phi) is 5.51. The maximum atomic E-state index is 12.8. The van der Waals surface area contributed by atoms with Gasteiger partial charge in [0.1, 0.15) is 5.69 Å². The number of hydrogen-bond donors (Lipinski definition) is 1. The van der Waals surface area contributed by atoms with Crippen LogP contribution < -0.4 is 0 Å². The number of fused-ring (bicyclic) bond motifs is 1. The molecule has 1 aliphatic rings. The van der Waals surface area contributed by atoms with Gasteiger partial charge in [0.25, 0.3) is 0 Å². The van der Waals surface area contributed by atoms with Crippen LogP contribution in [0.25, 0.3) is 0 Å². The van der Waals surface area contributed by atoms with Crippen LogP contribution in [0.5, 0.6) is 0 Å². The highest BCUT2D eigenvalue weighted by atomic mass is 16.5. The van der Waals surface area contributed by atoms with E-state index in [4.69, 9.17) is 4.74 Å². The molecule has 1 aromatic carbocycles. The summed E-state index contributed by atoms with van der Waals surface area (Å²) in [7, 11) is 0. The summed E-state index contributed by atoms with van der Waals surface area (Å²) < 4.78 is 5.36. The summed E-state index contributed by atoms with van der Waals surface area (Å²) in [6, 6.07) is 8.59. The van der Waals surface area contributed by atoms with Crippen molar-refractivity contribution in [2.75, 3.05) is 6.61 Å². The fourth-order valence-corrected chi connectivity index (χ4v) is 3.84. The number of ether oxygens (including phenoxy) is 1. The van der Waals surface area contributed by atoms with E-state index in [2.05, 4.69) is 50.0 Å². The Morgan fingerprint density at radius 3 is 2.39 bits per heavy atom. The summed E-state index contributed by atoms with van der Waals surface area (Å²) in [4.78, 5) is 28.5. The Labute approximate surface area is 167 Å². The number of rotatable bonds is 4. The Morgan fingerprint density at radius 1 is 1.18 bits per heavy atom. The summed E-state index contributed by atoms with van der Waals surface area (Å²) in [5, 5.41) is 0. The largest absolute Gasteiger partial charge is 0.461 e. The van der Waals surface area contributed by atoms with Gasteiger partial charge in [0.15, 0.2) is 5.78 Å². The lowest BCUT2D eigenvalue weighted by atomic mass is 9.80. The Hall–Kier alpha value is -2.36. The average molecular weight is 382 g/mol. The zero-order chi connectivity index (χ0) is 20.6. The number of aromatic nitrogens is 1. The molecule has 1 atom stereocenters. The molecule has 1 N–H and O–H groups in total. The zero-order valence-corrected chi connectivity index (χ0v) is 17.8. The first kappa shape index (κ1) is 20.4. The zero-order valence-electron chi connectivity index (χ0n) is 17.8. The highest BCUT2D eigenvalue weighted by Gasteiger charge is 2.32. The second-order valence-electron chi connectivity index (χ2n) is 9.37. The summed E-state index contributed by atoms with van der Waals surface area (Å²) in [6.07, 6.45) is 1.20. The minimum Gasteiger partial charge on any atom is -0.461 e. The highest BCUT2D eigenvalue weighted by molar-refractivity contribution is 6.03. The van der Waals surface area contributed by atoms with E-state index < -0.39 is 0 Å². The number of aromatic amines is 1. The molecule has 1 aromatic heterocycles. The first-order chi connectivity index (χ1) is 13.1. The van der Waals surface area contributed by atoms with Crippen LogP contribution in [0.4, 0.5) is 0 Å². The lowest BCUT2D eigenvalue weighted by Gasteiger charge is -2.24. The molecule has 1 heterocycles. The Morgan fingerprint density at radius 2 is 1.82 bits per heavy atom. The van der Waals surface area contributed by atoms with Gasteiger partial charge in [-0.25, -0.2) is 4.79 Å². The van der Waals surface area contributed by atoms with Gasteiger partial charge < -0.3 is 9.72 Å². The van der Waals surface area contributed by atoms with Crippen LogP contribution in [0.1, 0.15) is 90.2 Å². The molecular weight excluding hydrogens is 350 g/mol. The molecule has 0 saturated heterocycles. The first-order valence-electron chi connectivity index (χ1n) is 10.1. The molecule has 4 nitrogen and oxygen atoms in total. The van der Waals surface area contributed by atoms with Gasteiger partial charge in [-0.15, -0.1) is 0 Å².